The van der Waals surface area contributed by atoms with Crippen molar-refractivity contribution in [2.24, 2.45) is 5.92 Å². The normalized spacial score (nSPS) is 13.2. The SMILES string of the molecule is Cc1ccnn1CCC(C)CCCl. The third kappa shape index (κ3) is 3.39. The van der Waals surface area contributed by atoms with Crippen molar-refractivity contribution in [2.75, 3.05) is 5.88 Å². The number of rotatable bonds is 5. The lowest BCUT2D eigenvalue weighted by Crippen LogP contribution is -2.06. The van der Waals surface area contributed by atoms with E-state index in [1.54, 1.807) is 0 Å². The largest absolute Gasteiger partial charge is 0.270 e. The maximum atomic E-state index is 5.67. The first kappa shape index (κ1) is 10.6. The molecular formula is C10H17ClN2. The zero-order valence-corrected chi connectivity index (χ0v) is 9.09. The number of alkyl halides is 1. The second-order valence-corrected chi connectivity index (χ2v) is 3.95. The predicted octanol–water partition coefficient (Wildman–Crippen LogP) is 2.85. The van der Waals surface area contributed by atoms with E-state index in [1.807, 2.05) is 16.9 Å². The summed E-state index contributed by atoms with van der Waals surface area (Å²) < 4.78 is 2.05. The van der Waals surface area contributed by atoms with Crippen molar-refractivity contribution in [1.29, 1.82) is 0 Å². The van der Waals surface area contributed by atoms with Crippen LogP contribution in [0.15, 0.2) is 12.3 Å². The van der Waals surface area contributed by atoms with E-state index in [2.05, 4.69) is 18.9 Å². The first-order valence-electron chi connectivity index (χ1n) is 4.78. The minimum atomic E-state index is 0.695. The van der Waals surface area contributed by atoms with Gasteiger partial charge >= 0.3 is 0 Å². The molecule has 0 aromatic carbocycles. The zero-order valence-electron chi connectivity index (χ0n) is 8.33. The van der Waals surface area contributed by atoms with Crippen LogP contribution in [0.1, 0.15) is 25.5 Å². The van der Waals surface area contributed by atoms with Gasteiger partial charge < -0.3 is 0 Å². The Labute approximate surface area is 84.9 Å². The minimum absolute atomic E-state index is 0.695. The molecule has 0 aliphatic heterocycles. The van der Waals surface area contributed by atoms with Crippen LogP contribution in [-0.4, -0.2) is 15.7 Å². The molecule has 1 unspecified atom stereocenters. The van der Waals surface area contributed by atoms with Crippen LogP contribution in [0.5, 0.6) is 0 Å². The minimum Gasteiger partial charge on any atom is -0.270 e. The van der Waals surface area contributed by atoms with Crippen LogP contribution in [0.2, 0.25) is 0 Å². The van der Waals surface area contributed by atoms with E-state index in [4.69, 9.17) is 11.6 Å². The Balaban J connectivity index is 2.30. The third-order valence-electron chi connectivity index (χ3n) is 2.36. The van der Waals surface area contributed by atoms with Crippen molar-refractivity contribution in [3.63, 3.8) is 0 Å². The maximum absolute atomic E-state index is 5.67. The highest BCUT2D eigenvalue weighted by atomic mass is 35.5. The van der Waals surface area contributed by atoms with Gasteiger partial charge in [0.15, 0.2) is 0 Å². The van der Waals surface area contributed by atoms with Gasteiger partial charge in [-0.2, -0.15) is 5.10 Å². The fourth-order valence-corrected chi connectivity index (χ4v) is 1.68. The molecule has 0 radical (unpaired) electrons. The van der Waals surface area contributed by atoms with Crippen molar-refractivity contribution in [1.82, 2.24) is 9.78 Å². The number of aromatic nitrogens is 2. The van der Waals surface area contributed by atoms with Crippen LogP contribution in [0, 0.1) is 12.8 Å². The van der Waals surface area contributed by atoms with Gasteiger partial charge in [0.05, 0.1) is 0 Å². The number of nitrogens with zero attached hydrogens (tertiary/aromatic N) is 2. The molecule has 0 spiro atoms. The first-order chi connectivity index (χ1) is 6.24. The highest BCUT2D eigenvalue weighted by Gasteiger charge is 2.02. The van der Waals surface area contributed by atoms with Crippen molar-refractivity contribution >= 4 is 11.6 Å². The molecule has 0 aliphatic rings. The molecule has 0 N–H and O–H groups in total. The van der Waals surface area contributed by atoms with Gasteiger partial charge in [0, 0.05) is 24.3 Å². The standard InChI is InChI=1S/C10H17ClN2/c1-9(3-6-11)5-8-13-10(2)4-7-12-13/h4,7,9H,3,5-6,8H2,1-2H3. The van der Waals surface area contributed by atoms with Gasteiger partial charge in [0.2, 0.25) is 0 Å². The van der Waals surface area contributed by atoms with Crippen LogP contribution in [0.3, 0.4) is 0 Å². The molecule has 1 heterocycles. The summed E-state index contributed by atoms with van der Waals surface area (Å²) in [5.74, 6) is 1.46. The van der Waals surface area contributed by atoms with Crippen LogP contribution < -0.4 is 0 Å². The second-order valence-electron chi connectivity index (χ2n) is 3.57. The first-order valence-corrected chi connectivity index (χ1v) is 5.32. The third-order valence-corrected chi connectivity index (χ3v) is 2.58. The monoisotopic (exact) mass is 200 g/mol. The number of aryl methyl sites for hydroxylation is 2. The molecule has 1 rings (SSSR count). The molecule has 0 saturated heterocycles. The van der Waals surface area contributed by atoms with Gasteiger partial charge in [-0.15, -0.1) is 11.6 Å². The predicted molar refractivity (Wildman–Crippen MR) is 56.1 cm³/mol. The van der Waals surface area contributed by atoms with Crippen molar-refractivity contribution in [3.8, 4) is 0 Å². The molecule has 0 saturated carbocycles. The van der Waals surface area contributed by atoms with Gasteiger partial charge in [-0.25, -0.2) is 0 Å². The molecule has 2 nitrogen and oxygen atoms in total. The lowest BCUT2D eigenvalue weighted by molar-refractivity contribution is 0.445. The molecule has 13 heavy (non-hydrogen) atoms. The molecule has 1 atom stereocenters. The average Bonchev–Trinajstić information content (AvgIpc) is 2.48. The van der Waals surface area contributed by atoms with E-state index in [9.17, 15) is 0 Å². The zero-order chi connectivity index (χ0) is 9.68. The van der Waals surface area contributed by atoms with Crippen LogP contribution in [-0.2, 0) is 6.54 Å². The van der Waals surface area contributed by atoms with E-state index >= 15 is 0 Å². The fourth-order valence-electron chi connectivity index (χ4n) is 1.31. The summed E-state index contributed by atoms with van der Waals surface area (Å²) in [7, 11) is 0. The Morgan fingerprint density at radius 2 is 2.31 bits per heavy atom. The van der Waals surface area contributed by atoms with Gasteiger partial charge in [-0.05, 0) is 31.7 Å². The Hall–Kier alpha value is -0.500. The summed E-state index contributed by atoms with van der Waals surface area (Å²) in [5, 5.41) is 4.23. The number of halogens is 1. The molecule has 0 bridgehead atoms. The van der Waals surface area contributed by atoms with Crippen LogP contribution >= 0.6 is 11.6 Å². The van der Waals surface area contributed by atoms with Gasteiger partial charge in [-0.3, -0.25) is 4.68 Å². The van der Waals surface area contributed by atoms with E-state index in [-0.39, 0.29) is 0 Å². The van der Waals surface area contributed by atoms with Crippen molar-refractivity contribution < 1.29 is 0 Å². The highest BCUT2D eigenvalue weighted by Crippen LogP contribution is 2.10. The van der Waals surface area contributed by atoms with Crippen molar-refractivity contribution in [3.05, 3.63) is 18.0 Å². The Morgan fingerprint density at radius 1 is 1.54 bits per heavy atom. The molecule has 0 aliphatic carbocycles. The van der Waals surface area contributed by atoms with Gasteiger partial charge in [0.1, 0.15) is 0 Å². The highest BCUT2D eigenvalue weighted by molar-refractivity contribution is 6.17. The molecule has 0 fully saturated rings. The lowest BCUT2D eigenvalue weighted by atomic mass is 10.1. The summed E-state index contributed by atoms with van der Waals surface area (Å²) in [6, 6.07) is 2.03. The Morgan fingerprint density at radius 3 is 2.85 bits per heavy atom. The van der Waals surface area contributed by atoms with Crippen LogP contribution in [0.25, 0.3) is 0 Å². The molecule has 0 amide bonds. The number of hydrogen-bond donors (Lipinski definition) is 0. The van der Waals surface area contributed by atoms with Gasteiger partial charge in [0.25, 0.3) is 0 Å². The lowest BCUT2D eigenvalue weighted by Gasteiger charge is -2.09. The van der Waals surface area contributed by atoms with Crippen molar-refractivity contribution in [2.45, 2.75) is 33.2 Å². The Kier molecular flexibility index (Phi) is 4.29. The quantitative estimate of drug-likeness (QED) is 0.669. The fraction of sp³-hybridized carbons (Fsp3) is 0.700. The summed E-state index contributed by atoms with van der Waals surface area (Å²) in [5.41, 5.74) is 1.23. The second kappa shape index (κ2) is 5.28. The van der Waals surface area contributed by atoms with E-state index < -0.39 is 0 Å². The molecular weight excluding hydrogens is 184 g/mol. The smallest absolute Gasteiger partial charge is 0.0492 e. The Bertz CT molecular complexity index is 245. The summed E-state index contributed by atoms with van der Waals surface area (Å²) in [6.45, 7) is 5.33. The van der Waals surface area contributed by atoms with Gasteiger partial charge in [-0.1, -0.05) is 6.92 Å². The van der Waals surface area contributed by atoms with E-state index in [0.717, 1.165) is 25.3 Å². The molecule has 1 aromatic rings. The summed E-state index contributed by atoms with van der Waals surface area (Å²) >= 11 is 5.67. The number of hydrogen-bond acceptors (Lipinski definition) is 1. The molecule has 74 valence electrons. The maximum Gasteiger partial charge on any atom is 0.0492 e. The summed E-state index contributed by atoms with van der Waals surface area (Å²) in [6.07, 6.45) is 4.11. The topological polar surface area (TPSA) is 17.8 Å². The average molecular weight is 201 g/mol. The van der Waals surface area contributed by atoms with Crippen LogP contribution in [0.4, 0.5) is 0 Å². The summed E-state index contributed by atoms with van der Waals surface area (Å²) in [4.78, 5) is 0. The van der Waals surface area contributed by atoms with E-state index in [0.29, 0.717) is 5.92 Å². The molecule has 3 heteroatoms. The molecule has 1 aromatic heterocycles. The van der Waals surface area contributed by atoms with E-state index in [1.165, 1.54) is 5.69 Å².